The summed E-state index contributed by atoms with van der Waals surface area (Å²) in [6, 6.07) is 15.6. The number of amides is 2. The van der Waals surface area contributed by atoms with Gasteiger partial charge in [0.05, 0.1) is 5.69 Å². The molecule has 32 heavy (non-hydrogen) atoms. The first kappa shape index (κ1) is 22.2. The van der Waals surface area contributed by atoms with Crippen LogP contribution < -0.4 is 10.2 Å². The number of aryl methyl sites for hydroxylation is 2. The average Bonchev–Trinajstić information content (AvgIpc) is 3.02. The van der Waals surface area contributed by atoms with Crippen LogP contribution in [-0.4, -0.2) is 21.5 Å². The number of nitrogens with zero attached hydrogens (tertiary/aromatic N) is 2. The number of rotatable bonds is 3. The lowest BCUT2D eigenvalue weighted by Crippen LogP contribution is -2.54. The summed E-state index contributed by atoms with van der Waals surface area (Å²) in [5.41, 5.74) is 6.45. The molecule has 2 aromatic carbocycles. The summed E-state index contributed by atoms with van der Waals surface area (Å²) in [5, 5.41) is 2.76. The second-order valence-electron chi connectivity index (χ2n) is 7.82. The molecule has 0 saturated carbocycles. The zero-order valence-corrected chi connectivity index (χ0v) is 20.6. The van der Waals surface area contributed by atoms with Gasteiger partial charge in [-0.15, -0.1) is 0 Å². The van der Waals surface area contributed by atoms with Crippen LogP contribution in [0, 0.1) is 27.7 Å². The van der Waals surface area contributed by atoms with Gasteiger partial charge in [0.2, 0.25) is 0 Å². The number of aromatic nitrogens is 1. The third-order valence-electron chi connectivity index (χ3n) is 5.77. The molecule has 1 fully saturated rings. The van der Waals surface area contributed by atoms with Crippen LogP contribution in [0.4, 0.5) is 5.69 Å². The van der Waals surface area contributed by atoms with Gasteiger partial charge in [0, 0.05) is 21.5 Å². The molecule has 0 atom stereocenters. The Hall–Kier alpha value is -3.03. The molecule has 1 aliphatic heterocycles. The maximum absolute atomic E-state index is 13.4. The molecule has 0 spiro atoms. The molecule has 3 aromatic rings. The van der Waals surface area contributed by atoms with Gasteiger partial charge in [0.25, 0.3) is 11.8 Å². The fraction of sp³-hybridized carbons (Fsp3) is 0.160. The second-order valence-corrected chi connectivity index (χ2v) is 9.12. The fourth-order valence-electron chi connectivity index (χ4n) is 3.93. The van der Waals surface area contributed by atoms with E-state index in [2.05, 4.69) is 25.8 Å². The number of benzene rings is 2. The van der Waals surface area contributed by atoms with E-state index in [1.807, 2.05) is 76.2 Å². The third kappa shape index (κ3) is 3.82. The van der Waals surface area contributed by atoms with Crippen molar-refractivity contribution in [2.45, 2.75) is 27.7 Å². The standard InChI is InChI=1S/C25H22BrN3O2S/c1-14-6-5-7-22(16(14)3)29-24(31)21(23(30)27-25(29)32)13-18-12-15(2)28(17(18)4)20-10-8-19(26)9-11-20/h5-13H,1-4H3,(H,27,30,32)/b21-13+. The minimum Gasteiger partial charge on any atom is -0.318 e. The van der Waals surface area contributed by atoms with Crippen molar-refractivity contribution < 1.29 is 9.59 Å². The summed E-state index contributed by atoms with van der Waals surface area (Å²) >= 11 is 8.81. The summed E-state index contributed by atoms with van der Waals surface area (Å²) in [7, 11) is 0. The predicted octanol–water partition coefficient (Wildman–Crippen LogP) is 5.30. The molecule has 0 bridgehead atoms. The quantitative estimate of drug-likeness (QED) is 0.297. The molecule has 2 heterocycles. The third-order valence-corrected chi connectivity index (χ3v) is 6.59. The average molecular weight is 508 g/mol. The first-order valence-corrected chi connectivity index (χ1v) is 11.3. The second kappa shape index (κ2) is 8.48. The zero-order chi connectivity index (χ0) is 23.2. The number of carbonyl (C=O) groups excluding carboxylic acids is 2. The van der Waals surface area contributed by atoms with Crippen LogP contribution in [-0.2, 0) is 9.59 Å². The number of hydrogen-bond donors (Lipinski definition) is 1. The highest BCUT2D eigenvalue weighted by molar-refractivity contribution is 9.10. The predicted molar refractivity (Wildman–Crippen MR) is 135 cm³/mol. The Balaban J connectivity index is 1.78. The van der Waals surface area contributed by atoms with Crippen molar-refractivity contribution in [3.63, 3.8) is 0 Å². The molecular weight excluding hydrogens is 486 g/mol. The maximum Gasteiger partial charge on any atom is 0.270 e. The van der Waals surface area contributed by atoms with E-state index in [-0.39, 0.29) is 10.7 Å². The van der Waals surface area contributed by atoms with E-state index in [4.69, 9.17) is 12.2 Å². The van der Waals surface area contributed by atoms with Crippen molar-refractivity contribution in [3.05, 3.63) is 86.7 Å². The SMILES string of the molecule is Cc1cccc(N2C(=O)/C(=C/c3cc(C)n(-c4ccc(Br)cc4)c3C)C(=O)NC2=S)c1C. The number of carbonyl (C=O) groups is 2. The highest BCUT2D eigenvalue weighted by Gasteiger charge is 2.35. The lowest BCUT2D eigenvalue weighted by atomic mass is 10.0. The molecule has 1 saturated heterocycles. The monoisotopic (exact) mass is 507 g/mol. The van der Waals surface area contributed by atoms with E-state index in [1.165, 1.54) is 4.90 Å². The van der Waals surface area contributed by atoms with Crippen LogP contribution in [0.3, 0.4) is 0 Å². The van der Waals surface area contributed by atoms with Crippen LogP contribution in [0.5, 0.6) is 0 Å². The van der Waals surface area contributed by atoms with Crippen molar-refractivity contribution in [1.29, 1.82) is 0 Å². The molecule has 1 aromatic heterocycles. The molecule has 5 nitrogen and oxygen atoms in total. The van der Waals surface area contributed by atoms with Gasteiger partial charge in [-0.2, -0.15) is 0 Å². The Morgan fingerprint density at radius 2 is 1.69 bits per heavy atom. The van der Waals surface area contributed by atoms with E-state index in [9.17, 15) is 9.59 Å². The maximum atomic E-state index is 13.4. The van der Waals surface area contributed by atoms with Gasteiger partial charge in [0.1, 0.15) is 5.57 Å². The van der Waals surface area contributed by atoms with Crippen LogP contribution in [0.25, 0.3) is 11.8 Å². The van der Waals surface area contributed by atoms with Gasteiger partial charge in [-0.1, -0.05) is 28.1 Å². The van der Waals surface area contributed by atoms with Gasteiger partial charge >= 0.3 is 0 Å². The summed E-state index contributed by atoms with van der Waals surface area (Å²) < 4.78 is 3.09. The van der Waals surface area contributed by atoms with Crippen molar-refractivity contribution in [2.24, 2.45) is 0 Å². The van der Waals surface area contributed by atoms with Gasteiger partial charge < -0.3 is 4.57 Å². The molecule has 0 radical (unpaired) electrons. The van der Waals surface area contributed by atoms with Crippen molar-refractivity contribution in [2.75, 3.05) is 4.90 Å². The lowest BCUT2D eigenvalue weighted by Gasteiger charge is -2.30. The minimum atomic E-state index is -0.491. The lowest BCUT2D eigenvalue weighted by molar-refractivity contribution is -0.122. The first-order valence-electron chi connectivity index (χ1n) is 10.1. The molecule has 162 valence electrons. The largest absolute Gasteiger partial charge is 0.318 e. The minimum absolute atomic E-state index is 0.0514. The van der Waals surface area contributed by atoms with Crippen LogP contribution in [0.2, 0.25) is 0 Å². The first-order chi connectivity index (χ1) is 15.2. The van der Waals surface area contributed by atoms with Gasteiger partial charge in [-0.05, 0) is 99.1 Å². The normalized spacial score (nSPS) is 15.5. The smallest absolute Gasteiger partial charge is 0.270 e. The topological polar surface area (TPSA) is 54.3 Å². The summed E-state index contributed by atoms with van der Waals surface area (Å²) in [6.07, 6.45) is 1.65. The molecule has 0 aliphatic carbocycles. The molecule has 2 amide bonds. The van der Waals surface area contributed by atoms with Crippen LogP contribution in [0.15, 0.2) is 58.6 Å². The Kier molecular flexibility index (Phi) is 5.88. The van der Waals surface area contributed by atoms with E-state index in [0.717, 1.165) is 38.2 Å². The molecule has 0 unspecified atom stereocenters. The summed E-state index contributed by atoms with van der Waals surface area (Å²) in [6.45, 7) is 7.88. The number of nitrogens with one attached hydrogen (secondary N) is 1. The molecule has 1 aliphatic rings. The van der Waals surface area contributed by atoms with Crippen molar-refractivity contribution >= 4 is 56.8 Å². The van der Waals surface area contributed by atoms with Crippen molar-refractivity contribution in [1.82, 2.24) is 9.88 Å². The van der Waals surface area contributed by atoms with Gasteiger partial charge in [-0.25, -0.2) is 0 Å². The van der Waals surface area contributed by atoms with E-state index in [0.29, 0.717) is 5.69 Å². The molecule has 1 N–H and O–H groups in total. The number of halogens is 1. The highest BCUT2D eigenvalue weighted by atomic mass is 79.9. The number of thiocarbonyl (C=S) groups is 1. The number of anilines is 1. The van der Waals surface area contributed by atoms with E-state index in [1.54, 1.807) is 6.08 Å². The van der Waals surface area contributed by atoms with Gasteiger partial charge in [-0.3, -0.25) is 19.8 Å². The summed E-state index contributed by atoms with van der Waals surface area (Å²) in [4.78, 5) is 27.6. The number of hydrogen-bond acceptors (Lipinski definition) is 3. The summed E-state index contributed by atoms with van der Waals surface area (Å²) in [5.74, 6) is -0.920. The van der Waals surface area contributed by atoms with Gasteiger partial charge in [0.15, 0.2) is 5.11 Å². The Labute approximate surface area is 200 Å². The highest BCUT2D eigenvalue weighted by Crippen LogP contribution is 2.29. The van der Waals surface area contributed by atoms with Crippen molar-refractivity contribution in [3.8, 4) is 5.69 Å². The Bertz CT molecular complexity index is 1310. The Morgan fingerprint density at radius 1 is 1.00 bits per heavy atom. The fourth-order valence-corrected chi connectivity index (χ4v) is 4.47. The molecular formula is C25H22BrN3O2S. The van der Waals surface area contributed by atoms with Crippen LogP contribution >= 0.6 is 28.1 Å². The van der Waals surface area contributed by atoms with E-state index >= 15 is 0 Å². The molecule has 7 heteroatoms. The zero-order valence-electron chi connectivity index (χ0n) is 18.2. The Morgan fingerprint density at radius 3 is 2.38 bits per heavy atom. The molecule has 4 rings (SSSR count). The van der Waals surface area contributed by atoms with E-state index < -0.39 is 11.8 Å². The van der Waals surface area contributed by atoms with Crippen LogP contribution in [0.1, 0.15) is 28.1 Å².